The van der Waals surface area contributed by atoms with E-state index in [9.17, 15) is 13.6 Å². The van der Waals surface area contributed by atoms with Gasteiger partial charge in [0.2, 0.25) is 0 Å². The second-order valence-electron chi connectivity index (χ2n) is 3.15. The van der Waals surface area contributed by atoms with Crippen molar-refractivity contribution in [3.05, 3.63) is 12.0 Å². The molecule has 1 N–H and O–H groups in total. The molecule has 0 spiro atoms. The number of esters is 1. The Balaban J connectivity index is 2.25. The molecule has 8 heteroatoms. The Bertz CT molecular complexity index is 371. The molecular weight excluding hydrogens is 250 g/mol. The molecule has 0 unspecified atom stereocenters. The Labute approximate surface area is 102 Å². The summed E-state index contributed by atoms with van der Waals surface area (Å²) in [7, 11) is 0. The third-order valence-corrected chi connectivity index (χ3v) is 1.76. The molecule has 0 saturated heterocycles. The van der Waals surface area contributed by atoms with Gasteiger partial charge in [0.1, 0.15) is 12.9 Å². The van der Waals surface area contributed by atoms with Crippen LogP contribution in [-0.2, 0) is 9.47 Å². The minimum Gasteiger partial charge on any atom is -0.461 e. The maximum Gasteiger partial charge on any atom is 0.360 e. The average molecular weight is 264 g/mol. The highest BCUT2D eigenvalue weighted by atomic mass is 19.3. The van der Waals surface area contributed by atoms with Crippen LogP contribution in [0.2, 0.25) is 0 Å². The molecule has 18 heavy (non-hydrogen) atoms. The van der Waals surface area contributed by atoms with E-state index in [1.807, 2.05) is 0 Å². The fourth-order valence-corrected chi connectivity index (χ4v) is 1.06. The summed E-state index contributed by atoms with van der Waals surface area (Å²) in [6, 6.07) is 0.110. The number of aromatic nitrogens is 1. The zero-order valence-electron chi connectivity index (χ0n) is 9.82. The van der Waals surface area contributed by atoms with Crippen LogP contribution in [0.5, 0.6) is 0 Å². The Morgan fingerprint density at radius 2 is 2.39 bits per heavy atom. The zero-order valence-corrected chi connectivity index (χ0v) is 9.82. The minimum atomic E-state index is -2.48. The maximum atomic E-state index is 11.7. The van der Waals surface area contributed by atoms with Crippen LogP contribution < -0.4 is 5.32 Å². The molecule has 0 radical (unpaired) electrons. The van der Waals surface area contributed by atoms with E-state index < -0.39 is 19.0 Å². The van der Waals surface area contributed by atoms with Gasteiger partial charge >= 0.3 is 5.97 Å². The first-order chi connectivity index (χ1) is 8.63. The van der Waals surface area contributed by atoms with Gasteiger partial charge in [-0.2, -0.15) is 4.98 Å². The number of carbonyl (C=O) groups is 1. The highest BCUT2D eigenvalue weighted by Gasteiger charge is 2.12. The molecule has 0 saturated carbocycles. The number of rotatable bonds is 8. The van der Waals surface area contributed by atoms with Crippen LogP contribution in [0.15, 0.2) is 10.7 Å². The molecule has 0 aliphatic carbocycles. The predicted octanol–water partition coefficient (Wildman–Crippen LogP) is 1.54. The highest BCUT2D eigenvalue weighted by Crippen LogP contribution is 2.08. The third-order valence-electron chi connectivity index (χ3n) is 1.76. The van der Waals surface area contributed by atoms with E-state index in [1.54, 1.807) is 6.92 Å². The van der Waals surface area contributed by atoms with Gasteiger partial charge in [-0.3, -0.25) is 0 Å². The van der Waals surface area contributed by atoms with E-state index in [0.29, 0.717) is 0 Å². The van der Waals surface area contributed by atoms with Crippen molar-refractivity contribution in [2.45, 2.75) is 13.3 Å². The lowest BCUT2D eigenvalue weighted by Crippen LogP contribution is -2.13. The Morgan fingerprint density at radius 1 is 1.61 bits per heavy atom. The quantitative estimate of drug-likeness (QED) is 0.567. The lowest BCUT2D eigenvalue weighted by atomic mass is 10.5. The van der Waals surface area contributed by atoms with Gasteiger partial charge in [-0.05, 0) is 6.92 Å². The first-order valence-corrected chi connectivity index (χ1v) is 5.36. The molecule has 1 aromatic heterocycles. The Kier molecular flexibility index (Phi) is 6.06. The molecule has 1 heterocycles. The predicted molar refractivity (Wildman–Crippen MR) is 57.8 cm³/mol. The van der Waals surface area contributed by atoms with Crippen LogP contribution in [0.3, 0.4) is 0 Å². The highest BCUT2D eigenvalue weighted by molar-refractivity contribution is 5.87. The van der Waals surface area contributed by atoms with Gasteiger partial charge < -0.3 is 19.2 Å². The Hall–Kier alpha value is -1.70. The van der Waals surface area contributed by atoms with Gasteiger partial charge in [0.05, 0.1) is 13.2 Å². The Morgan fingerprint density at radius 3 is 3.06 bits per heavy atom. The van der Waals surface area contributed by atoms with Crippen molar-refractivity contribution in [1.82, 2.24) is 4.98 Å². The molecule has 6 nitrogen and oxygen atoms in total. The largest absolute Gasteiger partial charge is 0.461 e. The van der Waals surface area contributed by atoms with Crippen LogP contribution in [0, 0.1) is 0 Å². The second kappa shape index (κ2) is 7.59. The normalized spacial score (nSPS) is 10.7. The summed E-state index contributed by atoms with van der Waals surface area (Å²) < 4.78 is 37.7. The molecule has 0 amide bonds. The van der Waals surface area contributed by atoms with Crippen LogP contribution in [0.1, 0.15) is 17.4 Å². The van der Waals surface area contributed by atoms with Gasteiger partial charge in [-0.25, -0.2) is 13.6 Å². The number of anilines is 1. The zero-order chi connectivity index (χ0) is 13.4. The smallest absolute Gasteiger partial charge is 0.360 e. The minimum absolute atomic E-state index is 0.0489. The molecule has 1 rings (SSSR count). The first-order valence-electron chi connectivity index (χ1n) is 5.36. The fraction of sp³-hybridized carbons (Fsp3) is 0.600. The van der Waals surface area contributed by atoms with Crippen molar-refractivity contribution in [2.24, 2.45) is 0 Å². The molecule has 102 valence electrons. The van der Waals surface area contributed by atoms with E-state index in [0.717, 1.165) is 6.26 Å². The lowest BCUT2D eigenvalue weighted by molar-refractivity contribution is 0.0214. The van der Waals surface area contributed by atoms with Crippen molar-refractivity contribution in [3.8, 4) is 0 Å². The molecule has 1 aromatic rings. The molecule has 0 aliphatic rings. The van der Waals surface area contributed by atoms with Gasteiger partial charge in [-0.15, -0.1) is 0 Å². The number of alkyl halides is 2. The summed E-state index contributed by atoms with van der Waals surface area (Å²) in [5.41, 5.74) is 0.0489. The van der Waals surface area contributed by atoms with E-state index in [2.05, 4.69) is 15.0 Å². The summed E-state index contributed by atoms with van der Waals surface area (Å²) >= 11 is 0. The molecule has 0 fully saturated rings. The third kappa shape index (κ3) is 5.09. The van der Waals surface area contributed by atoms with Crippen molar-refractivity contribution in [3.63, 3.8) is 0 Å². The van der Waals surface area contributed by atoms with E-state index >= 15 is 0 Å². The standard InChI is InChI=1S/C10H14F2N2O4/c1-2-17-9(15)7-5-18-10(14-7)13-3-4-16-6-8(11)12/h5,8H,2-4,6H2,1H3,(H,13,14). The van der Waals surface area contributed by atoms with Gasteiger partial charge in [0.25, 0.3) is 12.4 Å². The SMILES string of the molecule is CCOC(=O)c1coc(NCCOCC(F)F)n1. The van der Waals surface area contributed by atoms with Gasteiger partial charge in [-0.1, -0.05) is 0 Å². The first kappa shape index (κ1) is 14.4. The molecular formula is C10H14F2N2O4. The van der Waals surface area contributed by atoms with Gasteiger partial charge in [0, 0.05) is 6.54 Å². The van der Waals surface area contributed by atoms with Crippen LogP contribution in [0.25, 0.3) is 0 Å². The van der Waals surface area contributed by atoms with Crippen LogP contribution in [-0.4, -0.2) is 43.7 Å². The summed E-state index contributed by atoms with van der Waals surface area (Å²) in [5, 5.41) is 2.68. The van der Waals surface area contributed by atoms with Crippen molar-refractivity contribution >= 4 is 12.0 Å². The number of nitrogens with zero attached hydrogens (tertiary/aromatic N) is 1. The fourth-order valence-electron chi connectivity index (χ4n) is 1.06. The number of hydrogen-bond donors (Lipinski definition) is 1. The molecule has 0 atom stereocenters. The summed E-state index contributed by atoms with van der Waals surface area (Å²) in [4.78, 5) is 15.0. The lowest BCUT2D eigenvalue weighted by Gasteiger charge is -2.03. The summed E-state index contributed by atoms with van der Waals surface area (Å²) in [6.45, 7) is 1.64. The van der Waals surface area contributed by atoms with E-state index in [1.165, 1.54) is 0 Å². The number of nitrogens with one attached hydrogen (secondary N) is 1. The monoisotopic (exact) mass is 264 g/mol. The maximum absolute atomic E-state index is 11.7. The number of oxazole rings is 1. The van der Waals surface area contributed by atoms with Crippen molar-refractivity contribution in [1.29, 1.82) is 0 Å². The molecule has 0 aromatic carbocycles. The van der Waals surface area contributed by atoms with Crippen molar-refractivity contribution in [2.75, 3.05) is 31.7 Å². The number of hydrogen-bond acceptors (Lipinski definition) is 6. The van der Waals surface area contributed by atoms with Crippen molar-refractivity contribution < 1.29 is 27.5 Å². The summed E-state index contributed by atoms with van der Waals surface area (Å²) in [6.07, 6.45) is -1.33. The molecule has 0 aliphatic heterocycles. The van der Waals surface area contributed by atoms with E-state index in [4.69, 9.17) is 9.15 Å². The number of carbonyl (C=O) groups excluding carboxylic acids is 1. The van der Waals surface area contributed by atoms with E-state index in [-0.39, 0.29) is 31.5 Å². The summed E-state index contributed by atoms with van der Waals surface area (Å²) in [5.74, 6) is -0.580. The number of halogens is 2. The molecule has 0 bridgehead atoms. The second-order valence-corrected chi connectivity index (χ2v) is 3.15. The van der Waals surface area contributed by atoms with Crippen LogP contribution in [0.4, 0.5) is 14.8 Å². The average Bonchev–Trinajstić information content (AvgIpc) is 2.77. The topological polar surface area (TPSA) is 73.6 Å². The number of ether oxygens (including phenoxy) is 2. The van der Waals surface area contributed by atoms with Crippen LogP contribution >= 0.6 is 0 Å². The van der Waals surface area contributed by atoms with Gasteiger partial charge in [0.15, 0.2) is 5.69 Å².